The summed E-state index contributed by atoms with van der Waals surface area (Å²) in [5, 5.41) is 2.98. The first-order chi connectivity index (χ1) is 9.67. The topological polar surface area (TPSA) is 66.8 Å². The first-order valence-electron chi connectivity index (χ1n) is 6.79. The molecule has 2 aromatic heterocycles. The minimum absolute atomic E-state index is 0.567. The van der Waals surface area contributed by atoms with Gasteiger partial charge in [0, 0.05) is 37.6 Å². The first kappa shape index (κ1) is 14.2. The SMILES string of the molecule is CCN(CC)c1nc(NC)nc(-c2ccc(C)nc2)n1. The first-order valence-corrected chi connectivity index (χ1v) is 6.79. The van der Waals surface area contributed by atoms with Crippen LogP contribution in [-0.4, -0.2) is 40.1 Å². The molecule has 2 heterocycles. The molecule has 20 heavy (non-hydrogen) atoms. The van der Waals surface area contributed by atoms with Crippen LogP contribution in [0.4, 0.5) is 11.9 Å². The van der Waals surface area contributed by atoms with Crippen LogP contribution in [0.1, 0.15) is 19.5 Å². The van der Waals surface area contributed by atoms with Crippen LogP contribution in [0.2, 0.25) is 0 Å². The van der Waals surface area contributed by atoms with Gasteiger partial charge in [-0.05, 0) is 32.9 Å². The molecule has 2 aromatic rings. The highest BCUT2D eigenvalue weighted by Gasteiger charge is 2.12. The second-order valence-electron chi connectivity index (χ2n) is 4.39. The van der Waals surface area contributed by atoms with Crippen LogP contribution in [0.5, 0.6) is 0 Å². The zero-order valence-corrected chi connectivity index (χ0v) is 12.4. The Morgan fingerprint density at radius 1 is 1.10 bits per heavy atom. The average Bonchev–Trinajstić information content (AvgIpc) is 2.49. The smallest absolute Gasteiger partial charge is 0.230 e. The maximum absolute atomic E-state index is 4.55. The molecule has 0 aliphatic heterocycles. The van der Waals surface area contributed by atoms with Gasteiger partial charge in [-0.3, -0.25) is 4.98 Å². The van der Waals surface area contributed by atoms with Crippen molar-refractivity contribution in [3.05, 3.63) is 24.0 Å². The molecular formula is C14H20N6. The van der Waals surface area contributed by atoms with Crippen LogP contribution in [0.15, 0.2) is 18.3 Å². The van der Waals surface area contributed by atoms with Crippen molar-refractivity contribution in [3.63, 3.8) is 0 Å². The summed E-state index contributed by atoms with van der Waals surface area (Å²) in [4.78, 5) is 19.7. The summed E-state index contributed by atoms with van der Waals surface area (Å²) in [6.07, 6.45) is 1.79. The van der Waals surface area contributed by atoms with Crippen molar-refractivity contribution in [1.29, 1.82) is 0 Å². The molecule has 0 unspecified atom stereocenters. The lowest BCUT2D eigenvalue weighted by Crippen LogP contribution is -2.25. The van der Waals surface area contributed by atoms with Crippen molar-refractivity contribution in [2.24, 2.45) is 0 Å². The Kier molecular flexibility index (Phi) is 4.45. The summed E-state index contributed by atoms with van der Waals surface area (Å²) < 4.78 is 0. The summed E-state index contributed by atoms with van der Waals surface area (Å²) in [6.45, 7) is 7.83. The Labute approximate surface area is 119 Å². The minimum Gasteiger partial charge on any atom is -0.357 e. The number of rotatable bonds is 5. The Balaban J connectivity index is 2.47. The van der Waals surface area contributed by atoms with E-state index in [0.29, 0.717) is 17.7 Å². The highest BCUT2D eigenvalue weighted by molar-refractivity contribution is 5.57. The quantitative estimate of drug-likeness (QED) is 0.899. The monoisotopic (exact) mass is 272 g/mol. The van der Waals surface area contributed by atoms with E-state index in [1.807, 2.05) is 19.1 Å². The third-order valence-corrected chi connectivity index (χ3v) is 3.06. The number of hydrogen-bond acceptors (Lipinski definition) is 6. The lowest BCUT2D eigenvalue weighted by Gasteiger charge is -2.19. The lowest BCUT2D eigenvalue weighted by atomic mass is 10.2. The number of nitrogens with zero attached hydrogens (tertiary/aromatic N) is 5. The van der Waals surface area contributed by atoms with Gasteiger partial charge in [0.15, 0.2) is 5.82 Å². The Bertz CT molecular complexity index is 562. The fourth-order valence-electron chi connectivity index (χ4n) is 1.85. The van der Waals surface area contributed by atoms with E-state index in [1.54, 1.807) is 13.2 Å². The molecule has 0 saturated carbocycles. The van der Waals surface area contributed by atoms with E-state index >= 15 is 0 Å². The van der Waals surface area contributed by atoms with Gasteiger partial charge in [-0.1, -0.05) is 0 Å². The number of hydrogen-bond donors (Lipinski definition) is 1. The van der Waals surface area contributed by atoms with Gasteiger partial charge in [0.2, 0.25) is 11.9 Å². The normalized spacial score (nSPS) is 10.4. The van der Waals surface area contributed by atoms with Gasteiger partial charge in [-0.25, -0.2) is 0 Å². The number of aryl methyl sites for hydroxylation is 1. The van der Waals surface area contributed by atoms with E-state index in [9.17, 15) is 0 Å². The van der Waals surface area contributed by atoms with E-state index in [0.717, 1.165) is 24.3 Å². The molecule has 0 saturated heterocycles. The zero-order chi connectivity index (χ0) is 14.5. The van der Waals surface area contributed by atoms with Gasteiger partial charge in [-0.2, -0.15) is 15.0 Å². The predicted octanol–water partition coefficient (Wildman–Crippen LogP) is 2.13. The summed E-state index contributed by atoms with van der Waals surface area (Å²) in [5.41, 5.74) is 1.86. The molecule has 0 fully saturated rings. The number of nitrogens with one attached hydrogen (secondary N) is 1. The molecule has 0 bridgehead atoms. The highest BCUT2D eigenvalue weighted by Crippen LogP contribution is 2.19. The molecule has 0 radical (unpaired) electrons. The molecule has 0 aromatic carbocycles. The van der Waals surface area contributed by atoms with E-state index < -0.39 is 0 Å². The van der Waals surface area contributed by atoms with Crippen LogP contribution >= 0.6 is 0 Å². The van der Waals surface area contributed by atoms with E-state index in [2.05, 4.69) is 44.0 Å². The Morgan fingerprint density at radius 2 is 1.85 bits per heavy atom. The molecule has 0 aliphatic carbocycles. The summed E-state index contributed by atoms with van der Waals surface area (Å²) >= 11 is 0. The maximum atomic E-state index is 4.55. The molecule has 0 spiro atoms. The molecule has 0 atom stereocenters. The predicted molar refractivity (Wildman–Crippen MR) is 80.9 cm³/mol. The third kappa shape index (κ3) is 3.01. The Morgan fingerprint density at radius 3 is 2.40 bits per heavy atom. The molecule has 6 nitrogen and oxygen atoms in total. The largest absolute Gasteiger partial charge is 0.357 e. The fraction of sp³-hybridized carbons (Fsp3) is 0.429. The van der Waals surface area contributed by atoms with Gasteiger partial charge in [0.1, 0.15) is 0 Å². The van der Waals surface area contributed by atoms with Crippen molar-refractivity contribution >= 4 is 11.9 Å². The lowest BCUT2D eigenvalue weighted by molar-refractivity contribution is 0.815. The summed E-state index contributed by atoms with van der Waals surface area (Å²) in [7, 11) is 1.80. The fourth-order valence-corrected chi connectivity index (χ4v) is 1.85. The molecular weight excluding hydrogens is 252 g/mol. The number of aromatic nitrogens is 4. The van der Waals surface area contributed by atoms with Crippen molar-refractivity contribution in [3.8, 4) is 11.4 Å². The molecule has 1 N–H and O–H groups in total. The van der Waals surface area contributed by atoms with E-state index in [4.69, 9.17) is 0 Å². The molecule has 0 aliphatic rings. The van der Waals surface area contributed by atoms with Gasteiger partial charge in [0.25, 0.3) is 0 Å². The van der Waals surface area contributed by atoms with Crippen LogP contribution in [0.3, 0.4) is 0 Å². The van der Waals surface area contributed by atoms with Gasteiger partial charge >= 0.3 is 0 Å². The summed E-state index contributed by atoms with van der Waals surface area (Å²) in [5.74, 6) is 1.89. The maximum Gasteiger partial charge on any atom is 0.230 e. The van der Waals surface area contributed by atoms with E-state index in [-0.39, 0.29) is 0 Å². The third-order valence-electron chi connectivity index (χ3n) is 3.06. The number of anilines is 2. The Hall–Kier alpha value is -2.24. The van der Waals surface area contributed by atoms with Gasteiger partial charge in [-0.15, -0.1) is 0 Å². The molecule has 6 heteroatoms. The molecule has 106 valence electrons. The standard InChI is InChI=1S/C14H20N6/c1-5-20(6-2)14-18-12(17-13(15-4)19-14)11-8-7-10(3)16-9-11/h7-9H,5-6H2,1-4H3,(H,15,17,18,19). The van der Waals surface area contributed by atoms with Crippen LogP contribution in [0, 0.1) is 6.92 Å². The minimum atomic E-state index is 0.567. The van der Waals surface area contributed by atoms with Crippen molar-refractivity contribution in [2.75, 3.05) is 30.4 Å². The second kappa shape index (κ2) is 6.27. The van der Waals surface area contributed by atoms with Crippen molar-refractivity contribution in [1.82, 2.24) is 19.9 Å². The van der Waals surface area contributed by atoms with Crippen LogP contribution < -0.4 is 10.2 Å². The summed E-state index contributed by atoms with van der Waals surface area (Å²) in [6, 6.07) is 3.93. The second-order valence-corrected chi connectivity index (χ2v) is 4.39. The van der Waals surface area contributed by atoms with Crippen LogP contribution in [-0.2, 0) is 0 Å². The number of pyridine rings is 1. The average molecular weight is 272 g/mol. The van der Waals surface area contributed by atoms with Gasteiger partial charge < -0.3 is 10.2 Å². The van der Waals surface area contributed by atoms with Gasteiger partial charge in [0.05, 0.1) is 0 Å². The van der Waals surface area contributed by atoms with E-state index in [1.165, 1.54) is 0 Å². The molecule has 2 rings (SSSR count). The van der Waals surface area contributed by atoms with Crippen LogP contribution in [0.25, 0.3) is 11.4 Å². The molecule has 0 amide bonds. The highest BCUT2D eigenvalue weighted by atomic mass is 15.3. The van der Waals surface area contributed by atoms with Crippen molar-refractivity contribution < 1.29 is 0 Å². The zero-order valence-electron chi connectivity index (χ0n) is 12.4. The van der Waals surface area contributed by atoms with Crippen molar-refractivity contribution in [2.45, 2.75) is 20.8 Å².